The van der Waals surface area contributed by atoms with Gasteiger partial charge in [-0.05, 0) is 78.7 Å². The Morgan fingerprint density at radius 2 is 1.77 bits per heavy atom. The summed E-state index contributed by atoms with van der Waals surface area (Å²) in [7, 11) is 0. The number of hydrogen-bond acceptors (Lipinski definition) is 3. The lowest BCUT2D eigenvalue weighted by Gasteiger charge is -2.34. The van der Waals surface area contributed by atoms with Crippen molar-refractivity contribution in [2.75, 3.05) is 18.0 Å². The quantitative estimate of drug-likeness (QED) is 0.375. The lowest BCUT2D eigenvalue weighted by Crippen LogP contribution is -2.42. The van der Waals surface area contributed by atoms with Crippen molar-refractivity contribution in [3.8, 4) is 16.9 Å². The average Bonchev–Trinajstić information content (AvgIpc) is 2.80. The molecular formula is C30H37N3O2. The zero-order valence-electron chi connectivity index (χ0n) is 21.6. The van der Waals surface area contributed by atoms with Crippen LogP contribution in [0.2, 0.25) is 0 Å². The second kappa shape index (κ2) is 10.5. The highest BCUT2D eigenvalue weighted by atomic mass is 16.3. The summed E-state index contributed by atoms with van der Waals surface area (Å²) in [5.74, 6) is 0.671. The van der Waals surface area contributed by atoms with Crippen LogP contribution in [-0.4, -0.2) is 29.1 Å². The first-order valence-electron chi connectivity index (χ1n) is 12.6. The number of aromatic hydroxyl groups is 1. The van der Waals surface area contributed by atoms with Crippen LogP contribution < -0.4 is 10.2 Å². The maximum Gasteiger partial charge on any atom is 0.326 e. The molecule has 2 N–H and O–H groups in total. The fourth-order valence-corrected chi connectivity index (χ4v) is 5.14. The molecule has 0 atom stereocenters. The second-order valence-electron chi connectivity index (χ2n) is 10.0. The molecule has 5 nitrogen and oxygen atoms in total. The number of fused-ring (bicyclic) bond motifs is 1. The number of rotatable bonds is 8. The van der Waals surface area contributed by atoms with Gasteiger partial charge >= 0.3 is 6.03 Å². The standard InChI is InChI=1S/C30H37N3O2/c1-6-14-32(18-20(2)3)19-23-15-25(24-12-8-7-10-21(24)4)26-17-31-30(35)33(27(26)16-23)29-22(5)11-9-13-28(29)34/h7-13,15-16,20,34H,6,14,17-19H2,1-5H3,(H,31,35). The zero-order chi connectivity index (χ0) is 25.1. The number of carbonyl (C=O) groups excluding carboxylic acids is 1. The van der Waals surface area contributed by atoms with E-state index in [9.17, 15) is 9.90 Å². The van der Waals surface area contributed by atoms with E-state index in [0.717, 1.165) is 48.4 Å². The number of anilines is 2. The maximum absolute atomic E-state index is 13.3. The number of para-hydroxylation sites is 1. The van der Waals surface area contributed by atoms with Gasteiger partial charge in [0.15, 0.2) is 0 Å². The van der Waals surface area contributed by atoms with Crippen molar-refractivity contribution in [2.45, 2.75) is 54.1 Å². The summed E-state index contributed by atoms with van der Waals surface area (Å²) in [6.07, 6.45) is 1.09. The summed E-state index contributed by atoms with van der Waals surface area (Å²) < 4.78 is 0. The number of urea groups is 1. The molecule has 2 amide bonds. The van der Waals surface area contributed by atoms with E-state index < -0.39 is 0 Å². The third-order valence-corrected chi connectivity index (χ3v) is 6.59. The fourth-order valence-electron chi connectivity index (χ4n) is 5.14. The second-order valence-corrected chi connectivity index (χ2v) is 10.0. The molecular weight excluding hydrogens is 434 g/mol. The average molecular weight is 472 g/mol. The molecule has 0 saturated heterocycles. The van der Waals surface area contributed by atoms with Crippen LogP contribution in [0.4, 0.5) is 16.2 Å². The number of carbonyl (C=O) groups is 1. The van der Waals surface area contributed by atoms with Crippen LogP contribution in [-0.2, 0) is 13.1 Å². The van der Waals surface area contributed by atoms with Gasteiger partial charge in [0, 0.05) is 25.2 Å². The number of amides is 2. The van der Waals surface area contributed by atoms with Gasteiger partial charge < -0.3 is 10.4 Å². The van der Waals surface area contributed by atoms with Crippen molar-refractivity contribution in [2.24, 2.45) is 5.92 Å². The number of aryl methyl sites for hydroxylation is 2. The molecule has 0 radical (unpaired) electrons. The van der Waals surface area contributed by atoms with E-state index in [4.69, 9.17) is 0 Å². The van der Waals surface area contributed by atoms with Crippen LogP contribution in [0.3, 0.4) is 0 Å². The molecule has 5 heteroatoms. The van der Waals surface area contributed by atoms with Crippen molar-refractivity contribution in [1.82, 2.24) is 10.2 Å². The molecule has 184 valence electrons. The van der Waals surface area contributed by atoms with Gasteiger partial charge in [0.25, 0.3) is 0 Å². The van der Waals surface area contributed by atoms with E-state index in [0.29, 0.717) is 18.2 Å². The van der Waals surface area contributed by atoms with Gasteiger partial charge in [0.1, 0.15) is 5.75 Å². The lowest BCUT2D eigenvalue weighted by molar-refractivity contribution is 0.236. The first-order valence-corrected chi connectivity index (χ1v) is 12.6. The molecule has 3 aromatic rings. The van der Waals surface area contributed by atoms with Crippen LogP contribution in [0.25, 0.3) is 11.1 Å². The fraction of sp³-hybridized carbons (Fsp3) is 0.367. The van der Waals surface area contributed by atoms with Gasteiger partial charge in [-0.1, -0.05) is 57.2 Å². The molecule has 0 spiro atoms. The Labute approximate surface area is 209 Å². The molecule has 0 fully saturated rings. The van der Waals surface area contributed by atoms with Gasteiger partial charge in [0.2, 0.25) is 0 Å². The Hall–Kier alpha value is -3.31. The first-order chi connectivity index (χ1) is 16.8. The zero-order valence-corrected chi connectivity index (χ0v) is 21.6. The van der Waals surface area contributed by atoms with Gasteiger partial charge in [-0.3, -0.25) is 9.80 Å². The van der Waals surface area contributed by atoms with Crippen molar-refractivity contribution >= 4 is 17.4 Å². The van der Waals surface area contributed by atoms with Gasteiger partial charge in [-0.15, -0.1) is 0 Å². The molecule has 3 aromatic carbocycles. The number of nitrogens with zero attached hydrogens (tertiary/aromatic N) is 2. The van der Waals surface area contributed by atoms with E-state index in [2.05, 4.69) is 74.3 Å². The number of phenols is 1. The highest BCUT2D eigenvalue weighted by molar-refractivity contribution is 6.05. The molecule has 0 aromatic heterocycles. The van der Waals surface area contributed by atoms with Gasteiger partial charge in [-0.2, -0.15) is 0 Å². The minimum absolute atomic E-state index is 0.100. The van der Waals surface area contributed by atoms with Crippen LogP contribution in [0.1, 0.15) is 49.4 Å². The highest BCUT2D eigenvalue weighted by Gasteiger charge is 2.31. The topological polar surface area (TPSA) is 55.8 Å². The Morgan fingerprint density at radius 3 is 2.46 bits per heavy atom. The molecule has 0 saturated carbocycles. The Kier molecular flexibility index (Phi) is 7.46. The smallest absolute Gasteiger partial charge is 0.326 e. The SMILES string of the molecule is CCCN(Cc1cc(-c2ccccc2C)c2c(c1)N(c1c(C)cccc1O)C(=O)NC2)CC(C)C. The normalized spacial score (nSPS) is 13.3. The summed E-state index contributed by atoms with van der Waals surface area (Å²) in [5, 5.41) is 13.8. The van der Waals surface area contributed by atoms with Gasteiger partial charge in [-0.25, -0.2) is 4.79 Å². The van der Waals surface area contributed by atoms with E-state index >= 15 is 0 Å². The lowest BCUT2D eigenvalue weighted by atomic mass is 9.91. The molecule has 0 unspecified atom stereocenters. The van der Waals surface area contributed by atoms with Crippen LogP contribution in [0, 0.1) is 19.8 Å². The van der Waals surface area contributed by atoms with E-state index in [1.807, 2.05) is 13.0 Å². The molecule has 0 bridgehead atoms. The number of phenolic OH excluding ortho intramolecular Hbond substituents is 1. The molecule has 4 rings (SSSR count). The van der Waals surface area contributed by atoms with E-state index in [-0.39, 0.29) is 11.8 Å². The summed E-state index contributed by atoms with van der Waals surface area (Å²) in [4.78, 5) is 17.4. The molecule has 1 aliphatic rings. The Morgan fingerprint density at radius 1 is 1.03 bits per heavy atom. The predicted octanol–water partition coefficient (Wildman–Crippen LogP) is 6.91. The summed E-state index contributed by atoms with van der Waals surface area (Å²) in [6.45, 7) is 14.1. The van der Waals surface area contributed by atoms with Gasteiger partial charge in [0.05, 0.1) is 11.4 Å². The Bertz CT molecular complexity index is 1200. The maximum atomic E-state index is 13.3. The Balaban J connectivity index is 1.92. The molecule has 1 heterocycles. The number of benzene rings is 3. The van der Waals surface area contributed by atoms with Crippen molar-refractivity contribution in [1.29, 1.82) is 0 Å². The summed E-state index contributed by atoms with van der Waals surface area (Å²) >= 11 is 0. The summed E-state index contributed by atoms with van der Waals surface area (Å²) in [6, 6.07) is 18.0. The van der Waals surface area contributed by atoms with Crippen LogP contribution >= 0.6 is 0 Å². The minimum atomic E-state index is -0.220. The third-order valence-electron chi connectivity index (χ3n) is 6.59. The number of hydrogen-bond donors (Lipinski definition) is 2. The largest absolute Gasteiger partial charge is 0.506 e. The van der Waals surface area contributed by atoms with Crippen molar-refractivity contribution < 1.29 is 9.90 Å². The minimum Gasteiger partial charge on any atom is -0.506 e. The van der Waals surface area contributed by atoms with E-state index in [1.165, 1.54) is 16.7 Å². The third kappa shape index (κ3) is 5.20. The van der Waals surface area contributed by atoms with Crippen molar-refractivity contribution in [3.63, 3.8) is 0 Å². The monoisotopic (exact) mass is 471 g/mol. The highest BCUT2D eigenvalue weighted by Crippen LogP contribution is 2.43. The molecule has 0 aliphatic carbocycles. The predicted molar refractivity (Wildman–Crippen MR) is 144 cm³/mol. The first kappa shape index (κ1) is 24.8. The van der Waals surface area contributed by atoms with Crippen LogP contribution in [0.5, 0.6) is 5.75 Å². The molecule has 1 aliphatic heterocycles. The van der Waals surface area contributed by atoms with Crippen molar-refractivity contribution in [3.05, 3.63) is 76.9 Å². The number of nitrogens with one attached hydrogen (secondary N) is 1. The van der Waals surface area contributed by atoms with E-state index in [1.54, 1.807) is 17.0 Å². The molecule has 35 heavy (non-hydrogen) atoms. The summed E-state index contributed by atoms with van der Waals surface area (Å²) in [5.41, 5.74) is 7.96. The van der Waals surface area contributed by atoms with Crippen LogP contribution in [0.15, 0.2) is 54.6 Å².